The third kappa shape index (κ3) is 4.33. The lowest BCUT2D eigenvalue weighted by Gasteiger charge is -2.35. The van der Waals surface area contributed by atoms with Crippen molar-refractivity contribution in [2.45, 2.75) is 39.9 Å². The summed E-state index contributed by atoms with van der Waals surface area (Å²) in [6, 6.07) is 7.91. The van der Waals surface area contributed by atoms with E-state index in [4.69, 9.17) is 4.74 Å². The number of ether oxygens (including phenoxy) is 1. The van der Waals surface area contributed by atoms with Crippen molar-refractivity contribution in [3.8, 4) is 6.07 Å². The number of hydrogen-bond donors (Lipinski definition) is 1. The van der Waals surface area contributed by atoms with Gasteiger partial charge in [-0.05, 0) is 51.0 Å². The summed E-state index contributed by atoms with van der Waals surface area (Å²) in [5.74, 6) is -0.258. The van der Waals surface area contributed by atoms with E-state index in [1.807, 2.05) is 52.0 Å². The Kier molecular flexibility index (Phi) is 5.41. The molecule has 0 radical (unpaired) electrons. The van der Waals surface area contributed by atoms with Crippen LogP contribution in [0.4, 0.5) is 5.69 Å². The molecule has 1 aliphatic rings. The molecule has 5 nitrogen and oxygen atoms in total. The van der Waals surface area contributed by atoms with Gasteiger partial charge in [-0.1, -0.05) is 6.07 Å². The number of morpholine rings is 1. The molecule has 23 heavy (non-hydrogen) atoms. The summed E-state index contributed by atoms with van der Waals surface area (Å²) < 4.78 is 5.62. The zero-order chi connectivity index (χ0) is 17.0. The summed E-state index contributed by atoms with van der Waals surface area (Å²) in [5.41, 5.74) is 3.32. The minimum absolute atomic E-state index is 0.0182. The molecule has 5 heteroatoms. The average molecular weight is 313 g/mol. The number of rotatable bonds is 3. The molecular formula is C18H23N3O2. The number of aryl methyl sites for hydroxylation is 2. The lowest BCUT2D eigenvalue weighted by atomic mass is 10.1. The minimum atomic E-state index is -0.258. The van der Waals surface area contributed by atoms with Gasteiger partial charge in [0.25, 0.3) is 5.91 Å². The molecule has 1 amide bonds. The van der Waals surface area contributed by atoms with Crippen molar-refractivity contribution in [2.24, 2.45) is 0 Å². The van der Waals surface area contributed by atoms with Gasteiger partial charge in [-0.2, -0.15) is 5.26 Å². The van der Waals surface area contributed by atoms with Gasteiger partial charge >= 0.3 is 0 Å². The molecule has 1 aliphatic heterocycles. The second kappa shape index (κ2) is 7.30. The molecule has 1 heterocycles. The summed E-state index contributed by atoms with van der Waals surface area (Å²) in [4.78, 5) is 14.2. The average Bonchev–Trinajstić information content (AvgIpc) is 2.50. The topological polar surface area (TPSA) is 65.4 Å². The number of carbonyl (C=O) groups excluding carboxylic acids is 1. The predicted octanol–water partition coefficient (Wildman–Crippen LogP) is 2.76. The van der Waals surface area contributed by atoms with Crippen LogP contribution < -0.4 is 5.32 Å². The van der Waals surface area contributed by atoms with Crippen molar-refractivity contribution in [3.05, 3.63) is 41.1 Å². The molecular weight excluding hydrogens is 290 g/mol. The fourth-order valence-corrected chi connectivity index (χ4v) is 2.64. The van der Waals surface area contributed by atoms with E-state index in [1.54, 1.807) is 4.90 Å². The largest absolute Gasteiger partial charge is 0.372 e. The molecule has 0 spiro atoms. The highest BCUT2D eigenvalue weighted by atomic mass is 16.5. The standard InChI is InChI=1S/C18H23N3O2/c1-12-5-6-17(7-13(12)2)20-9-16(8-19)18(22)21-10-14(3)23-15(4)11-21/h5-7,9,14-15,20H,10-11H2,1-4H3/b16-9-. The molecule has 1 aromatic rings. The Morgan fingerprint density at radius 2 is 1.96 bits per heavy atom. The fourth-order valence-electron chi connectivity index (χ4n) is 2.64. The maximum atomic E-state index is 12.5. The van der Waals surface area contributed by atoms with E-state index >= 15 is 0 Å². The number of benzene rings is 1. The zero-order valence-corrected chi connectivity index (χ0v) is 14.1. The van der Waals surface area contributed by atoms with E-state index in [1.165, 1.54) is 11.8 Å². The molecule has 0 aliphatic carbocycles. The quantitative estimate of drug-likeness (QED) is 0.688. The molecule has 1 fully saturated rings. The number of anilines is 1. The van der Waals surface area contributed by atoms with Crippen molar-refractivity contribution in [1.82, 2.24) is 4.90 Å². The van der Waals surface area contributed by atoms with E-state index in [-0.39, 0.29) is 23.7 Å². The van der Waals surface area contributed by atoms with Gasteiger partial charge in [0.05, 0.1) is 12.2 Å². The summed E-state index contributed by atoms with van der Waals surface area (Å²) in [6.07, 6.45) is 1.45. The van der Waals surface area contributed by atoms with Crippen LogP contribution in [0.3, 0.4) is 0 Å². The molecule has 1 N–H and O–H groups in total. The molecule has 1 saturated heterocycles. The van der Waals surface area contributed by atoms with Crippen molar-refractivity contribution < 1.29 is 9.53 Å². The summed E-state index contributed by atoms with van der Waals surface area (Å²) >= 11 is 0. The molecule has 0 bridgehead atoms. The van der Waals surface area contributed by atoms with Crippen LogP contribution in [-0.2, 0) is 9.53 Å². The van der Waals surface area contributed by atoms with Gasteiger partial charge in [0.2, 0.25) is 0 Å². The summed E-state index contributed by atoms with van der Waals surface area (Å²) in [5, 5.41) is 12.3. The number of nitrogens with zero attached hydrogens (tertiary/aromatic N) is 2. The number of hydrogen-bond acceptors (Lipinski definition) is 4. The third-order valence-corrected chi connectivity index (χ3v) is 3.95. The number of carbonyl (C=O) groups is 1. The van der Waals surface area contributed by atoms with Gasteiger partial charge in [-0.25, -0.2) is 0 Å². The normalized spacial score (nSPS) is 21.7. The summed E-state index contributed by atoms with van der Waals surface area (Å²) in [6.45, 7) is 8.94. The van der Waals surface area contributed by atoms with Crippen LogP contribution in [0.25, 0.3) is 0 Å². The smallest absolute Gasteiger partial charge is 0.266 e. The number of nitriles is 1. The van der Waals surface area contributed by atoms with E-state index in [2.05, 4.69) is 5.32 Å². The van der Waals surface area contributed by atoms with Crippen LogP contribution in [0, 0.1) is 25.2 Å². The first-order valence-corrected chi connectivity index (χ1v) is 7.79. The lowest BCUT2D eigenvalue weighted by molar-refractivity contribution is -0.138. The minimum Gasteiger partial charge on any atom is -0.372 e. The van der Waals surface area contributed by atoms with Crippen LogP contribution in [-0.4, -0.2) is 36.1 Å². The zero-order valence-electron chi connectivity index (χ0n) is 14.1. The molecule has 0 aromatic heterocycles. The van der Waals surface area contributed by atoms with Crippen LogP contribution in [0.5, 0.6) is 0 Å². The van der Waals surface area contributed by atoms with E-state index in [9.17, 15) is 10.1 Å². The second-order valence-electron chi connectivity index (χ2n) is 6.08. The van der Waals surface area contributed by atoms with Gasteiger partial charge < -0.3 is 15.0 Å². The molecule has 1 aromatic carbocycles. The molecule has 122 valence electrons. The summed E-state index contributed by atoms with van der Waals surface area (Å²) in [7, 11) is 0. The fraction of sp³-hybridized carbons (Fsp3) is 0.444. The number of amides is 1. The van der Waals surface area contributed by atoms with Crippen LogP contribution >= 0.6 is 0 Å². The Hall–Kier alpha value is -2.32. The Bertz CT molecular complexity index is 651. The van der Waals surface area contributed by atoms with Gasteiger partial charge in [0.15, 0.2) is 0 Å². The third-order valence-electron chi connectivity index (χ3n) is 3.95. The first-order chi connectivity index (χ1) is 10.9. The molecule has 2 rings (SSSR count). The Balaban J connectivity index is 2.10. The van der Waals surface area contributed by atoms with Gasteiger partial charge in [-0.15, -0.1) is 0 Å². The first-order valence-electron chi connectivity index (χ1n) is 7.79. The van der Waals surface area contributed by atoms with Crippen LogP contribution in [0.2, 0.25) is 0 Å². The van der Waals surface area contributed by atoms with Gasteiger partial charge in [0, 0.05) is 25.0 Å². The molecule has 0 saturated carbocycles. The Labute approximate surface area is 137 Å². The van der Waals surface area contributed by atoms with E-state index in [0.29, 0.717) is 13.1 Å². The monoisotopic (exact) mass is 313 g/mol. The lowest BCUT2D eigenvalue weighted by Crippen LogP contribution is -2.48. The molecule has 2 atom stereocenters. The van der Waals surface area contributed by atoms with Gasteiger partial charge in [0.1, 0.15) is 11.6 Å². The predicted molar refractivity (Wildman–Crippen MR) is 89.8 cm³/mol. The second-order valence-corrected chi connectivity index (χ2v) is 6.08. The van der Waals surface area contributed by atoms with E-state index in [0.717, 1.165) is 11.3 Å². The van der Waals surface area contributed by atoms with E-state index < -0.39 is 0 Å². The maximum Gasteiger partial charge on any atom is 0.266 e. The maximum absolute atomic E-state index is 12.5. The van der Waals surface area contributed by atoms with Crippen LogP contribution in [0.15, 0.2) is 30.0 Å². The SMILES string of the molecule is Cc1ccc(N/C=C(/C#N)C(=O)N2CC(C)OC(C)C2)cc1C. The van der Waals surface area contributed by atoms with Crippen molar-refractivity contribution in [2.75, 3.05) is 18.4 Å². The van der Waals surface area contributed by atoms with Crippen molar-refractivity contribution in [3.63, 3.8) is 0 Å². The highest BCUT2D eigenvalue weighted by Crippen LogP contribution is 2.16. The highest BCUT2D eigenvalue weighted by Gasteiger charge is 2.27. The number of nitrogens with one attached hydrogen (secondary N) is 1. The van der Waals surface area contributed by atoms with Gasteiger partial charge in [-0.3, -0.25) is 4.79 Å². The Morgan fingerprint density at radius 1 is 1.30 bits per heavy atom. The van der Waals surface area contributed by atoms with Crippen LogP contribution in [0.1, 0.15) is 25.0 Å². The Morgan fingerprint density at radius 3 is 2.52 bits per heavy atom. The first kappa shape index (κ1) is 17.0. The molecule has 2 unspecified atom stereocenters. The van der Waals surface area contributed by atoms with Crippen molar-refractivity contribution in [1.29, 1.82) is 5.26 Å². The highest BCUT2D eigenvalue weighted by molar-refractivity contribution is 5.97. The van der Waals surface area contributed by atoms with Crippen molar-refractivity contribution >= 4 is 11.6 Å².